The van der Waals surface area contributed by atoms with Crippen LogP contribution in [0.15, 0.2) is 43.1 Å². The van der Waals surface area contributed by atoms with E-state index in [1.54, 1.807) is 0 Å². The largest absolute Gasteiger partial charge is 0.291 e. The molecule has 0 radical (unpaired) electrons. The fourth-order valence-corrected chi connectivity index (χ4v) is 6.80. The Labute approximate surface area is 180 Å². The number of nitrogens with zero attached hydrogens (tertiary/aromatic N) is 3. The van der Waals surface area contributed by atoms with E-state index in [1.807, 2.05) is 17.8 Å². The van der Waals surface area contributed by atoms with Gasteiger partial charge in [0, 0.05) is 43.5 Å². The van der Waals surface area contributed by atoms with Crippen molar-refractivity contribution in [2.75, 3.05) is 18.1 Å². The lowest BCUT2D eigenvalue weighted by atomic mass is 9.84. The van der Waals surface area contributed by atoms with Crippen molar-refractivity contribution in [3.05, 3.63) is 54.2 Å². The van der Waals surface area contributed by atoms with Gasteiger partial charge >= 0.3 is 0 Å². The summed E-state index contributed by atoms with van der Waals surface area (Å²) in [6.07, 6.45) is 11.3. The van der Waals surface area contributed by atoms with E-state index < -0.39 is 9.84 Å². The van der Waals surface area contributed by atoms with Gasteiger partial charge in [-0.2, -0.15) is 5.10 Å². The Bertz CT molecular complexity index is 972. The first-order valence-corrected chi connectivity index (χ1v) is 13.0. The van der Waals surface area contributed by atoms with E-state index in [1.165, 1.54) is 37.7 Å². The highest BCUT2D eigenvalue weighted by Gasteiger charge is 2.32. The Morgan fingerprint density at radius 2 is 1.90 bits per heavy atom. The van der Waals surface area contributed by atoms with E-state index in [0.717, 1.165) is 16.8 Å². The minimum absolute atomic E-state index is 0.0507. The third kappa shape index (κ3) is 4.86. The molecule has 2 aliphatic rings. The third-order valence-corrected chi connectivity index (χ3v) is 8.38. The minimum Gasteiger partial charge on any atom is -0.291 e. The van der Waals surface area contributed by atoms with Crippen molar-refractivity contribution in [1.29, 1.82) is 0 Å². The quantitative estimate of drug-likeness (QED) is 0.618. The van der Waals surface area contributed by atoms with Crippen LogP contribution in [0.1, 0.15) is 55.6 Å². The molecular formula is C24H33N3O2S. The first-order valence-electron chi connectivity index (χ1n) is 11.1. The third-order valence-electron chi connectivity index (χ3n) is 6.63. The van der Waals surface area contributed by atoms with Crippen molar-refractivity contribution in [3.63, 3.8) is 0 Å². The van der Waals surface area contributed by atoms with Gasteiger partial charge in [0.2, 0.25) is 0 Å². The van der Waals surface area contributed by atoms with E-state index >= 15 is 0 Å². The highest BCUT2D eigenvalue weighted by Crippen LogP contribution is 2.34. The average molecular weight is 428 g/mol. The van der Waals surface area contributed by atoms with Crippen LogP contribution >= 0.6 is 0 Å². The van der Waals surface area contributed by atoms with Crippen LogP contribution in [-0.2, 0) is 23.4 Å². The van der Waals surface area contributed by atoms with Crippen molar-refractivity contribution in [1.82, 2.24) is 14.7 Å². The number of hydrogen-bond acceptors (Lipinski definition) is 4. The summed E-state index contributed by atoms with van der Waals surface area (Å²) in [4.78, 5) is 2.23. The van der Waals surface area contributed by atoms with Crippen LogP contribution in [0.3, 0.4) is 0 Å². The maximum absolute atomic E-state index is 12.0. The zero-order chi connectivity index (χ0) is 21.1. The van der Waals surface area contributed by atoms with E-state index in [4.69, 9.17) is 5.10 Å². The van der Waals surface area contributed by atoms with Crippen molar-refractivity contribution in [2.45, 2.75) is 57.0 Å². The number of aryl methyl sites for hydroxylation is 1. The summed E-state index contributed by atoms with van der Waals surface area (Å²) in [5.74, 6) is 1.23. The summed E-state index contributed by atoms with van der Waals surface area (Å²) in [6, 6.07) is 9.00. The first kappa shape index (κ1) is 21.3. The average Bonchev–Trinajstić information content (AvgIpc) is 3.30. The lowest BCUT2D eigenvalue weighted by molar-refractivity contribution is 0.227. The summed E-state index contributed by atoms with van der Waals surface area (Å²) < 4.78 is 25.8. The van der Waals surface area contributed by atoms with Gasteiger partial charge in [0.1, 0.15) is 0 Å². The Morgan fingerprint density at radius 1 is 1.17 bits per heavy atom. The van der Waals surface area contributed by atoms with Crippen LogP contribution in [-0.4, -0.2) is 47.2 Å². The molecule has 30 heavy (non-hydrogen) atoms. The van der Waals surface area contributed by atoms with Gasteiger partial charge in [-0.15, -0.1) is 6.58 Å². The van der Waals surface area contributed by atoms with E-state index in [9.17, 15) is 8.42 Å². The molecule has 2 fully saturated rings. The van der Waals surface area contributed by atoms with Crippen LogP contribution in [0.25, 0.3) is 11.3 Å². The highest BCUT2D eigenvalue weighted by molar-refractivity contribution is 7.91. The number of sulfone groups is 1. The van der Waals surface area contributed by atoms with Gasteiger partial charge < -0.3 is 0 Å². The highest BCUT2D eigenvalue weighted by atomic mass is 32.2. The molecule has 6 heteroatoms. The molecule has 1 aliphatic carbocycles. The smallest absolute Gasteiger partial charge is 0.151 e. The Kier molecular flexibility index (Phi) is 6.44. The molecule has 1 unspecified atom stereocenters. The molecule has 1 aromatic carbocycles. The lowest BCUT2D eigenvalue weighted by Gasteiger charge is -2.26. The second kappa shape index (κ2) is 9.06. The molecule has 0 N–H and O–H groups in total. The molecule has 1 saturated heterocycles. The molecule has 1 aliphatic heterocycles. The molecule has 1 aromatic heterocycles. The molecule has 1 saturated carbocycles. The summed E-state index contributed by atoms with van der Waals surface area (Å²) in [5, 5.41) is 4.74. The number of benzene rings is 1. The normalized spacial score (nSPS) is 21.9. The molecule has 162 valence electrons. The zero-order valence-electron chi connectivity index (χ0n) is 18.0. The predicted molar refractivity (Wildman–Crippen MR) is 122 cm³/mol. The zero-order valence-corrected chi connectivity index (χ0v) is 18.8. The molecule has 0 bridgehead atoms. The molecular weight excluding hydrogens is 394 g/mol. The summed E-state index contributed by atoms with van der Waals surface area (Å²) in [5.41, 5.74) is 4.69. The van der Waals surface area contributed by atoms with Gasteiger partial charge in [-0.25, -0.2) is 8.42 Å². The van der Waals surface area contributed by atoms with Crippen molar-refractivity contribution < 1.29 is 8.42 Å². The second-order valence-corrected chi connectivity index (χ2v) is 11.1. The molecule has 1 atom stereocenters. The molecule has 4 rings (SSSR count). The van der Waals surface area contributed by atoms with Gasteiger partial charge in [-0.05, 0) is 30.7 Å². The van der Waals surface area contributed by atoms with Crippen LogP contribution in [0.2, 0.25) is 0 Å². The monoisotopic (exact) mass is 427 g/mol. The second-order valence-electron chi connectivity index (χ2n) is 8.91. The van der Waals surface area contributed by atoms with E-state index in [2.05, 4.69) is 41.9 Å². The lowest BCUT2D eigenvalue weighted by Crippen LogP contribution is -2.35. The van der Waals surface area contributed by atoms with E-state index in [0.29, 0.717) is 25.4 Å². The topological polar surface area (TPSA) is 55.2 Å². The molecule has 2 aromatic rings. The fourth-order valence-electron chi connectivity index (χ4n) is 5.04. The number of hydrogen-bond donors (Lipinski definition) is 0. The number of aromatic nitrogens is 2. The Hall–Kier alpha value is -1.92. The number of rotatable bonds is 7. The maximum atomic E-state index is 12.0. The summed E-state index contributed by atoms with van der Waals surface area (Å²) >= 11 is 0. The summed E-state index contributed by atoms with van der Waals surface area (Å²) in [6.45, 7) is 5.23. The van der Waals surface area contributed by atoms with Crippen LogP contribution < -0.4 is 0 Å². The molecule has 5 nitrogen and oxygen atoms in total. The SMILES string of the molecule is C=CCN(Cc1cn(C)nc1-c1ccc(C2CCCCC2)cc1)C1CCS(=O)(=O)C1. The first-order chi connectivity index (χ1) is 14.4. The van der Waals surface area contributed by atoms with Gasteiger partial charge in [0.25, 0.3) is 0 Å². The fraction of sp³-hybridized carbons (Fsp3) is 0.542. The van der Waals surface area contributed by atoms with Crippen molar-refractivity contribution in [3.8, 4) is 11.3 Å². The summed E-state index contributed by atoms with van der Waals surface area (Å²) in [7, 11) is -0.975. The van der Waals surface area contributed by atoms with Crippen LogP contribution in [0, 0.1) is 0 Å². The van der Waals surface area contributed by atoms with Gasteiger partial charge in [-0.3, -0.25) is 9.58 Å². The van der Waals surface area contributed by atoms with Crippen LogP contribution in [0.4, 0.5) is 0 Å². The molecule has 0 amide bonds. The minimum atomic E-state index is -2.92. The van der Waals surface area contributed by atoms with Gasteiger partial charge in [0.05, 0.1) is 17.2 Å². The Balaban J connectivity index is 1.55. The standard InChI is InChI=1S/C24H33N3O2S/c1-3-14-27(23-13-15-30(28,29)18-23)17-22-16-26(2)25-24(22)21-11-9-20(10-12-21)19-7-5-4-6-8-19/h3,9-12,16,19,23H,1,4-8,13-15,17-18H2,2H3. The maximum Gasteiger partial charge on any atom is 0.151 e. The van der Waals surface area contributed by atoms with E-state index in [-0.39, 0.29) is 17.5 Å². The van der Waals surface area contributed by atoms with Crippen molar-refractivity contribution in [2.24, 2.45) is 7.05 Å². The van der Waals surface area contributed by atoms with Crippen LogP contribution in [0.5, 0.6) is 0 Å². The predicted octanol–water partition coefficient (Wildman–Crippen LogP) is 4.31. The molecule has 0 spiro atoms. The van der Waals surface area contributed by atoms with Gasteiger partial charge in [0.15, 0.2) is 9.84 Å². The Morgan fingerprint density at radius 3 is 2.53 bits per heavy atom. The molecule has 2 heterocycles. The van der Waals surface area contributed by atoms with Gasteiger partial charge in [-0.1, -0.05) is 49.6 Å². The van der Waals surface area contributed by atoms with Crippen molar-refractivity contribution >= 4 is 9.84 Å².